The number of hydrogen-bond acceptors (Lipinski definition) is 2. The summed E-state index contributed by atoms with van der Waals surface area (Å²) in [6.45, 7) is 1.93. The normalized spacial score (nSPS) is 10.4. The highest BCUT2D eigenvalue weighted by Crippen LogP contribution is 2.15. The van der Waals surface area contributed by atoms with Crippen molar-refractivity contribution in [2.45, 2.75) is 6.92 Å². The van der Waals surface area contributed by atoms with E-state index in [0.717, 1.165) is 11.1 Å². The van der Waals surface area contributed by atoms with Gasteiger partial charge in [0.05, 0.1) is 6.21 Å². The Morgan fingerprint density at radius 3 is 2.71 bits per heavy atom. The number of nitrogens with two attached hydrogens (primary N) is 2. The van der Waals surface area contributed by atoms with E-state index in [4.69, 9.17) is 23.1 Å². The van der Waals surface area contributed by atoms with Crippen LogP contribution in [0.3, 0.4) is 0 Å². The van der Waals surface area contributed by atoms with E-state index in [1.807, 2.05) is 19.1 Å². The van der Waals surface area contributed by atoms with E-state index in [9.17, 15) is 0 Å². The van der Waals surface area contributed by atoms with Crippen LogP contribution < -0.4 is 11.5 Å². The van der Waals surface area contributed by atoms with E-state index in [1.165, 1.54) is 6.21 Å². The molecule has 0 aliphatic rings. The second-order valence-corrected chi connectivity index (χ2v) is 3.19. The molecule has 0 aliphatic carbocycles. The van der Waals surface area contributed by atoms with E-state index in [-0.39, 0.29) is 5.96 Å². The first-order valence-electron chi connectivity index (χ1n) is 3.97. The Bertz CT molecular complexity index is 380. The number of rotatable bonds is 2. The summed E-state index contributed by atoms with van der Waals surface area (Å²) >= 11 is 5.91. The third kappa shape index (κ3) is 3.06. The van der Waals surface area contributed by atoms with E-state index >= 15 is 0 Å². The van der Waals surface area contributed by atoms with Gasteiger partial charge in [-0.3, -0.25) is 0 Å². The maximum atomic E-state index is 5.91. The van der Waals surface area contributed by atoms with Crippen molar-refractivity contribution in [2.75, 3.05) is 0 Å². The molecule has 0 fully saturated rings. The zero-order valence-corrected chi connectivity index (χ0v) is 8.49. The lowest BCUT2D eigenvalue weighted by atomic mass is 10.2. The van der Waals surface area contributed by atoms with Crippen LogP contribution in [0.15, 0.2) is 28.4 Å². The molecule has 0 aromatic heterocycles. The van der Waals surface area contributed by atoms with E-state index in [2.05, 4.69) is 10.2 Å². The van der Waals surface area contributed by atoms with Crippen molar-refractivity contribution in [1.29, 1.82) is 0 Å². The monoisotopic (exact) mass is 210 g/mol. The van der Waals surface area contributed by atoms with Crippen LogP contribution in [0.2, 0.25) is 5.02 Å². The number of aryl methyl sites for hydroxylation is 1. The minimum atomic E-state index is -0.0699. The van der Waals surface area contributed by atoms with Gasteiger partial charge in [0.1, 0.15) is 0 Å². The van der Waals surface area contributed by atoms with Gasteiger partial charge in [0.2, 0.25) is 5.96 Å². The Hall–Kier alpha value is -1.55. The standard InChI is InChI=1S/C9H11ClN4/c1-6-2-3-7(4-8(6)10)5-13-14-9(11)12/h2-5H,1H3,(H4,11,12,14)/b13-5+. The molecule has 0 bridgehead atoms. The first-order chi connectivity index (χ1) is 6.59. The van der Waals surface area contributed by atoms with Crippen molar-refractivity contribution in [2.24, 2.45) is 21.7 Å². The molecule has 4 N–H and O–H groups in total. The Morgan fingerprint density at radius 1 is 1.43 bits per heavy atom. The fourth-order valence-corrected chi connectivity index (χ4v) is 1.04. The molecule has 0 aliphatic heterocycles. The number of halogens is 1. The number of guanidine groups is 1. The minimum absolute atomic E-state index is 0.0699. The summed E-state index contributed by atoms with van der Waals surface area (Å²) in [5.74, 6) is -0.0699. The Labute approximate surface area is 87.3 Å². The highest BCUT2D eigenvalue weighted by molar-refractivity contribution is 6.31. The van der Waals surface area contributed by atoms with Crippen LogP contribution in [0.4, 0.5) is 0 Å². The maximum absolute atomic E-state index is 5.91. The van der Waals surface area contributed by atoms with Gasteiger partial charge in [-0.05, 0) is 24.1 Å². The fourth-order valence-electron chi connectivity index (χ4n) is 0.852. The molecule has 14 heavy (non-hydrogen) atoms. The van der Waals surface area contributed by atoms with Crippen molar-refractivity contribution in [3.05, 3.63) is 34.3 Å². The predicted octanol–water partition coefficient (Wildman–Crippen LogP) is 1.26. The predicted molar refractivity (Wildman–Crippen MR) is 59.6 cm³/mol. The van der Waals surface area contributed by atoms with Crippen LogP contribution in [0.1, 0.15) is 11.1 Å². The van der Waals surface area contributed by atoms with Gasteiger partial charge in [0, 0.05) is 5.02 Å². The number of benzene rings is 1. The molecule has 0 saturated carbocycles. The van der Waals surface area contributed by atoms with Crippen LogP contribution in [-0.4, -0.2) is 12.2 Å². The summed E-state index contributed by atoms with van der Waals surface area (Å²) in [5, 5.41) is 7.83. The Morgan fingerprint density at radius 2 is 2.14 bits per heavy atom. The molecule has 0 atom stereocenters. The van der Waals surface area contributed by atoms with E-state index in [1.54, 1.807) is 6.07 Å². The van der Waals surface area contributed by atoms with Gasteiger partial charge < -0.3 is 11.5 Å². The summed E-state index contributed by atoms with van der Waals surface area (Å²) in [6, 6.07) is 5.58. The molecule has 5 heteroatoms. The van der Waals surface area contributed by atoms with Gasteiger partial charge >= 0.3 is 0 Å². The van der Waals surface area contributed by atoms with Crippen LogP contribution in [0, 0.1) is 6.92 Å². The highest BCUT2D eigenvalue weighted by atomic mass is 35.5. The third-order valence-corrected chi connectivity index (χ3v) is 1.98. The van der Waals surface area contributed by atoms with Gasteiger partial charge in [0.25, 0.3) is 0 Å². The molecule has 0 saturated heterocycles. The third-order valence-electron chi connectivity index (χ3n) is 1.58. The van der Waals surface area contributed by atoms with Gasteiger partial charge in [0.15, 0.2) is 0 Å². The highest BCUT2D eigenvalue weighted by Gasteiger charge is 1.94. The first kappa shape index (κ1) is 10.5. The van der Waals surface area contributed by atoms with Gasteiger partial charge in [-0.25, -0.2) is 0 Å². The lowest BCUT2D eigenvalue weighted by Gasteiger charge is -1.97. The van der Waals surface area contributed by atoms with Gasteiger partial charge in [-0.15, -0.1) is 5.10 Å². The number of nitrogens with zero attached hydrogens (tertiary/aromatic N) is 2. The van der Waals surface area contributed by atoms with Crippen molar-refractivity contribution >= 4 is 23.8 Å². The molecule has 0 radical (unpaired) electrons. The van der Waals surface area contributed by atoms with Crippen LogP contribution in [-0.2, 0) is 0 Å². The molecule has 74 valence electrons. The fraction of sp³-hybridized carbons (Fsp3) is 0.111. The summed E-state index contributed by atoms with van der Waals surface area (Å²) < 4.78 is 0. The van der Waals surface area contributed by atoms with Crippen LogP contribution >= 0.6 is 11.6 Å². The second-order valence-electron chi connectivity index (χ2n) is 2.78. The average Bonchev–Trinajstić information content (AvgIpc) is 2.10. The lowest BCUT2D eigenvalue weighted by molar-refractivity contribution is 1.21. The largest absolute Gasteiger partial charge is 0.369 e. The zero-order valence-electron chi connectivity index (χ0n) is 7.74. The maximum Gasteiger partial charge on any atom is 0.211 e. The van der Waals surface area contributed by atoms with Crippen molar-refractivity contribution < 1.29 is 0 Å². The van der Waals surface area contributed by atoms with E-state index < -0.39 is 0 Å². The molecule has 0 spiro atoms. The van der Waals surface area contributed by atoms with E-state index in [0.29, 0.717) is 5.02 Å². The minimum Gasteiger partial charge on any atom is -0.369 e. The molecular weight excluding hydrogens is 200 g/mol. The molecule has 1 rings (SSSR count). The molecule has 0 amide bonds. The molecule has 1 aromatic carbocycles. The first-order valence-corrected chi connectivity index (χ1v) is 4.35. The van der Waals surface area contributed by atoms with Crippen LogP contribution in [0.25, 0.3) is 0 Å². The molecule has 0 unspecified atom stereocenters. The average molecular weight is 211 g/mol. The summed E-state index contributed by atoms with van der Waals surface area (Å²) in [5.41, 5.74) is 12.1. The topological polar surface area (TPSA) is 76.8 Å². The Kier molecular flexibility index (Phi) is 3.48. The molecule has 4 nitrogen and oxygen atoms in total. The van der Waals surface area contributed by atoms with Gasteiger partial charge in [-0.2, -0.15) is 5.10 Å². The summed E-state index contributed by atoms with van der Waals surface area (Å²) in [4.78, 5) is 0. The smallest absolute Gasteiger partial charge is 0.211 e. The molecule has 1 aromatic rings. The lowest BCUT2D eigenvalue weighted by Crippen LogP contribution is -2.21. The number of hydrogen-bond donors (Lipinski definition) is 2. The second kappa shape index (κ2) is 4.62. The summed E-state index contributed by atoms with van der Waals surface area (Å²) in [6.07, 6.45) is 1.53. The SMILES string of the molecule is Cc1ccc(/C=N/N=C(N)N)cc1Cl. The van der Waals surface area contributed by atoms with Crippen LogP contribution in [0.5, 0.6) is 0 Å². The molecular formula is C9H11ClN4. The van der Waals surface area contributed by atoms with Crippen molar-refractivity contribution in [3.8, 4) is 0 Å². The van der Waals surface area contributed by atoms with Crippen molar-refractivity contribution in [3.63, 3.8) is 0 Å². The Balaban J connectivity index is 2.83. The van der Waals surface area contributed by atoms with Gasteiger partial charge in [-0.1, -0.05) is 23.7 Å². The molecule has 0 heterocycles. The summed E-state index contributed by atoms with van der Waals surface area (Å²) in [7, 11) is 0. The van der Waals surface area contributed by atoms with Crippen molar-refractivity contribution in [1.82, 2.24) is 0 Å². The quantitative estimate of drug-likeness (QED) is 0.438. The zero-order chi connectivity index (χ0) is 10.6.